The molecule has 0 aliphatic rings. The second-order valence-electron chi connectivity index (χ2n) is 7.18. The van der Waals surface area contributed by atoms with Crippen molar-refractivity contribution in [2.45, 2.75) is 77.7 Å². The fraction of sp³-hybridized carbons (Fsp3) is 0.600. The second kappa shape index (κ2) is 7.70. The van der Waals surface area contributed by atoms with E-state index in [2.05, 4.69) is 40.5 Å². The summed E-state index contributed by atoms with van der Waals surface area (Å²) in [7, 11) is 0. The Labute approximate surface area is 135 Å². The predicted molar refractivity (Wildman–Crippen MR) is 93.2 cm³/mol. The van der Waals surface area contributed by atoms with Gasteiger partial charge in [-0.15, -0.1) is 12.3 Å². The van der Waals surface area contributed by atoms with Crippen molar-refractivity contribution in [3.8, 4) is 18.1 Å². The maximum absolute atomic E-state index is 10.6. The lowest BCUT2D eigenvalue weighted by atomic mass is 9.81. The third-order valence-electron chi connectivity index (χ3n) is 4.30. The first-order valence-electron chi connectivity index (χ1n) is 8.21. The minimum absolute atomic E-state index is 0.166. The predicted octanol–water partition coefficient (Wildman–Crippen LogP) is 5.04. The third kappa shape index (κ3) is 4.52. The van der Waals surface area contributed by atoms with Gasteiger partial charge in [-0.3, -0.25) is 0 Å². The maximum Gasteiger partial charge on any atom is 0.122 e. The van der Waals surface area contributed by atoms with Crippen molar-refractivity contribution >= 4 is 0 Å². The van der Waals surface area contributed by atoms with Gasteiger partial charge in [0.1, 0.15) is 5.75 Å². The van der Waals surface area contributed by atoms with E-state index in [1.165, 1.54) is 0 Å². The molecular formula is C20H30O2. The molecule has 2 N–H and O–H groups in total. The number of hydrogen-bond acceptors (Lipinski definition) is 2. The highest BCUT2D eigenvalue weighted by Crippen LogP contribution is 2.40. The van der Waals surface area contributed by atoms with E-state index in [0.29, 0.717) is 18.6 Å². The summed E-state index contributed by atoms with van der Waals surface area (Å²) in [5, 5.41) is 21.1. The fourth-order valence-corrected chi connectivity index (χ4v) is 2.60. The Kier molecular flexibility index (Phi) is 6.50. The van der Waals surface area contributed by atoms with Gasteiger partial charge in [0.2, 0.25) is 0 Å². The highest BCUT2D eigenvalue weighted by molar-refractivity contribution is 5.49. The van der Waals surface area contributed by atoms with Crippen molar-refractivity contribution in [1.29, 1.82) is 0 Å². The molecule has 0 aliphatic heterocycles. The zero-order valence-corrected chi connectivity index (χ0v) is 14.6. The molecule has 0 spiro atoms. The summed E-state index contributed by atoms with van der Waals surface area (Å²) in [5.74, 6) is 3.25. The van der Waals surface area contributed by atoms with Crippen LogP contribution in [0.15, 0.2) is 12.1 Å². The average molecular weight is 302 g/mol. The molecule has 2 atom stereocenters. The molecule has 0 radical (unpaired) electrons. The van der Waals surface area contributed by atoms with E-state index in [9.17, 15) is 10.2 Å². The van der Waals surface area contributed by atoms with Gasteiger partial charge in [-0.25, -0.2) is 0 Å². The number of terminal acetylenes is 1. The van der Waals surface area contributed by atoms with Crippen LogP contribution in [0.3, 0.4) is 0 Å². The summed E-state index contributed by atoms with van der Waals surface area (Å²) in [5.41, 5.74) is 2.55. The summed E-state index contributed by atoms with van der Waals surface area (Å²) in [6, 6.07) is 3.90. The number of benzene rings is 1. The van der Waals surface area contributed by atoms with Crippen molar-refractivity contribution in [3.63, 3.8) is 0 Å². The monoisotopic (exact) mass is 302 g/mol. The Hall–Kier alpha value is -1.46. The summed E-state index contributed by atoms with van der Waals surface area (Å²) in [6.07, 6.45) is 7.83. The third-order valence-corrected chi connectivity index (χ3v) is 4.30. The molecule has 2 nitrogen and oxygen atoms in total. The number of rotatable bonds is 6. The van der Waals surface area contributed by atoms with Crippen LogP contribution in [0.4, 0.5) is 0 Å². The molecule has 0 aromatic heterocycles. The zero-order chi connectivity index (χ0) is 16.9. The van der Waals surface area contributed by atoms with Crippen molar-refractivity contribution < 1.29 is 10.2 Å². The van der Waals surface area contributed by atoms with Crippen LogP contribution in [-0.2, 0) is 5.41 Å². The van der Waals surface area contributed by atoms with E-state index in [1.807, 2.05) is 12.1 Å². The highest BCUT2D eigenvalue weighted by atomic mass is 16.3. The van der Waals surface area contributed by atoms with Crippen LogP contribution >= 0.6 is 0 Å². The SMILES string of the molecule is C#CCCCC(O)c1cc(C(C)CC)c(O)c(C(C)(C)C)c1. The molecular weight excluding hydrogens is 272 g/mol. The van der Waals surface area contributed by atoms with Gasteiger partial charge in [-0.05, 0) is 59.4 Å². The first kappa shape index (κ1) is 18.6. The lowest BCUT2D eigenvalue weighted by molar-refractivity contribution is 0.164. The van der Waals surface area contributed by atoms with Gasteiger partial charge >= 0.3 is 0 Å². The molecule has 1 aromatic rings. The molecule has 0 bridgehead atoms. The Balaban J connectivity index is 3.26. The van der Waals surface area contributed by atoms with E-state index in [4.69, 9.17) is 6.42 Å². The lowest BCUT2D eigenvalue weighted by Gasteiger charge is -2.26. The van der Waals surface area contributed by atoms with Gasteiger partial charge in [0.15, 0.2) is 0 Å². The van der Waals surface area contributed by atoms with E-state index < -0.39 is 6.10 Å². The van der Waals surface area contributed by atoms with Crippen LogP contribution in [0.25, 0.3) is 0 Å². The molecule has 1 aromatic carbocycles. The van der Waals surface area contributed by atoms with Gasteiger partial charge in [0, 0.05) is 6.42 Å². The van der Waals surface area contributed by atoms with E-state index >= 15 is 0 Å². The van der Waals surface area contributed by atoms with Crippen molar-refractivity contribution in [1.82, 2.24) is 0 Å². The fourth-order valence-electron chi connectivity index (χ4n) is 2.60. The second-order valence-corrected chi connectivity index (χ2v) is 7.18. The number of phenols is 1. The van der Waals surface area contributed by atoms with Gasteiger partial charge in [0.05, 0.1) is 6.10 Å². The largest absolute Gasteiger partial charge is 0.507 e. The van der Waals surface area contributed by atoms with Crippen LogP contribution in [-0.4, -0.2) is 10.2 Å². The van der Waals surface area contributed by atoms with E-state index in [-0.39, 0.29) is 11.3 Å². The summed E-state index contributed by atoms with van der Waals surface area (Å²) in [4.78, 5) is 0. The summed E-state index contributed by atoms with van der Waals surface area (Å²) in [6.45, 7) is 10.5. The van der Waals surface area contributed by atoms with Gasteiger partial charge in [0.25, 0.3) is 0 Å². The Bertz CT molecular complexity index is 532. The van der Waals surface area contributed by atoms with Crippen LogP contribution in [0, 0.1) is 12.3 Å². The first-order valence-corrected chi connectivity index (χ1v) is 8.21. The van der Waals surface area contributed by atoms with Crippen LogP contribution < -0.4 is 0 Å². The molecule has 1 rings (SSSR count). The number of aromatic hydroxyl groups is 1. The standard InChI is InChI=1S/C20H30O2/c1-7-9-10-11-18(21)15-12-16(14(3)8-2)19(22)17(13-15)20(4,5)6/h1,12-14,18,21-22H,8-11H2,2-6H3. The Morgan fingerprint density at radius 1 is 1.27 bits per heavy atom. The molecule has 2 heteroatoms. The maximum atomic E-state index is 10.6. The molecule has 0 aliphatic carbocycles. The number of aliphatic hydroxyl groups excluding tert-OH is 1. The van der Waals surface area contributed by atoms with E-state index in [1.54, 1.807) is 0 Å². The van der Waals surface area contributed by atoms with Gasteiger partial charge in [-0.1, -0.05) is 34.6 Å². The lowest BCUT2D eigenvalue weighted by Crippen LogP contribution is -2.14. The zero-order valence-electron chi connectivity index (χ0n) is 14.6. The molecule has 2 unspecified atom stereocenters. The minimum Gasteiger partial charge on any atom is -0.507 e. The number of phenolic OH excluding ortho intramolecular Hbond substituents is 1. The van der Waals surface area contributed by atoms with Gasteiger partial charge in [-0.2, -0.15) is 0 Å². The summed E-state index contributed by atoms with van der Waals surface area (Å²) >= 11 is 0. The number of hydrogen-bond donors (Lipinski definition) is 2. The first-order chi connectivity index (χ1) is 10.2. The number of aliphatic hydroxyl groups is 1. The molecule has 0 saturated carbocycles. The van der Waals surface area contributed by atoms with E-state index in [0.717, 1.165) is 29.5 Å². The smallest absolute Gasteiger partial charge is 0.122 e. The quantitative estimate of drug-likeness (QED) is 0.571. The molecule has 0 amide bonds. The van der Waals surface area contributed by atoms with Crippen molar-refractivity contribution in [3.05, 3.63) is 28.8 Å². The average Bonchev–Trinajstić information content (AvgIpc) is 2.45. The molecule has 0 fully saturated rings. The molecule has 122 valence electrons. The normalized spacial score (nSPS) is 14.4. The summed E-state index contributed by atoms with van der Waals surface area (Å²) < 4.78 is 0. The highest BCUT2D eigenvalue weighted by Gasteiger charge is 2.24. The Morgan fingerprint density at radius 2 is 1.91 bits per heavy atom. The molecule has 0 heterocycles. The molecule has 0 saturated heterocycles. The topological polar surface area (TPSA) is 40.5 Å². The van der Waals surface area contributed by atoms with Crippen LogP contribution in [0.1, 0.15) is 89.0 Å². The minimum atomic E-state index is -0.530. The van der Waals surface area contributed by atoms with Crippen molar-refractivity contribution in [2.24, 2.45) is 0 Å². The van der Waals surface area contributed by atoms with Crippen LogP contribution in [0.2, 0.25) is 0 Å². The Morgan fingerprint density at radius 3 is 2.41 bits per heavy atom. The van der Waals surface area contributed by atoms with Gasteiger partial charge < -0.3 is 10.2 Å². The van der Waals surface area contributed by atoms with Crippen molar-refractivity contribution in [2.75, 3.05) is 0 Å². The molecule has 22 heavy (non-hydrogen) atoms. The number of unbranched alkanes of at least 4 members (excludes halogenated alkanes) is 1. The van der Waals surface area contributed by atoms with Crippen LogP contribution in [0.5, 0.6) is 5.75 Å².